The van der Waals surface area contributed by atoms with Crippen molar-refractivity contribution in [3.8, 4) is 0 Å². The second-order valence-corrected chi connectivity index (χ2v) is 11.2. The van der Waals surface area contributed by atoms with Gasteiger partial charge in [-0.15, -0.1) is 11.3 Å². The highest BCUT2D eigenvalue weighted by atomic mass is 32.2. The highest BCUT2D eigenvalue weighted by Crippen LogP contribution is 2.30. The summed E-state index contributed by atoms with van der Waals surface area (Å²) in [6.45, 7) is 2.02. The molecule has 0 spiro atoms. The smallest absolute Gasteiger partial charge is 0.253 e. The van der Waals surface area contributed by atoms with Crippen LogP contribution in [0.1, 0.15) is 12.5 Å². The van der Waals surface area contributed by atoms with Crippen LogP contribution in [0.25, 0.3) is 0 Å². The van der Waals surface area contributed by atoms with E-state index in [2.05, 4.69) is 0 Å². The Kier molecular flexibility index (Phi) is 5.37. The highest BCUT2D eigenvalue weighted by molar-refractivity contribution is 8.01. The fraction of sp³-hybridized carbons (Fsp3) is 0.636. The Morgan fingerprint density at radius 3 is 2.67 bits per heavy atom. The van der Waals surface area contributed by atoms with Gasteiger partial charge in [-0.05, 0) is 17.0 Å². The molecule has 2 N–H and O–H groups in total. The fourth-order valence-corrected chi connectivity index (χ4v) is 8.63. The number of sulfonamides is 1. The number of hydrogen-bond acceptors (Lipinski definition) is 7. The Bertz CT molecular complexity index is 696. The molecule has 2 heterocycles. The van der Waals surface area contributed by atoms with E-state index < -0.39 is 25.2 Å². The van der Waals surface area contributed by atoms with Gasteiger partial charge in [0.05, 0.1) is 0 Å². The van der Waals surface area contributed by atoms with Crippen molar-refractivity contribution < 1.29 is 16.8 Å². The second kappa shape index (κ2) is 6.55. The van der Waals surface area contributed by atoms with Gasteiger partial charge < -0.3 is 5.73 Å². The van der Waals surface area contributed by atoms with Gasteiger partial charge in [0, 0.05) is 30.3 Å². The van der Waals surface area contributed by atoms with Crippen molar-refractivity contribution in [2.45, 2.75) is 23.1 Å². The summed E-state index contributed by atoms with van der Waals surface area (Å²) >= 11 is 2.55. The molecule has 1 atom stereocenters. The Morgan fingerprint density at radius 2 is 2.10 bits per heavy atom. The zero-order valence-corrected chi connectivity index (χ0v) is 14.8. The molecule has 0 aliphatic carbocycles. The maximum absolute atomic E-state index is 12.7. The molecule has 1 aliphatic heterocycles. The minimum absolute atomic E-state index is 0.0667. The van der Waals surface area contributed by atoms with Crippen molar-refractivity contribution in [3.63, 3.8) is 0 Å². The van der Waals surface area contributed by atoms with E-state index >= 15 is 0 Å². The molecule has 0 aromatic carbocycles. The summed E-state index contributed by atoms with van der Waals surface area (Å²) < 4.78 is 51.1. The number of sulfone groups is 1. The lowest BCUT2D eigenvalue weighted by Crippen LogP contribution is -2.50. The van der Waals surface area contributed by atoms with Crippen molar-refractivity contribution >= 4 is 43.0 Å². The molecular formula is C11H18N2O4S4. The van der Waals surface area contributed by atoms with Gasteiger partial charge in [-0.3, -0.25) is 0 Å². The first-order valence-electron chi connectivity index (χ1n) is 6.41. The standard InChI is InChI=1S/C11H18N2O4S4/c1-2-20(14,15)10-8-18-4-3-13(10)21(16,17)11-5-9(6-12)7-19-11/h5,7,10H,2-4,6,8,12H2,1H3. The summed E-state index contributed by atoms with van der Waals surface area (Å²) in [5.41, 5.74) is 6.24. The molecule has 0 amide bonds. The molecule has 120 valence electrons. The van der Waals surface area contributed by atoms with Crippen LogP contribution >= 0.6 is 23.1 Å². The van der Waals surface area contributed by atoms with Gasteiger partial charge in [0.2, 0.25) is 0 Å². The summed E-state index contributed by atoms with van der Waals surface area (Å²) in [6.07, 6.45) is 0. The molecule has 2 rings (SSSR count). The molecule has 10 heteroatoms. The minimum Gasteiger partial charge on any atom is -0.326 e. The van der Waals surface area contributed by atoms with Gasteiger partial charge in [-0.25, -0.2) is 16.8 Å². The molecule has 0 bridgehead atoms. The van der Waals surface area contributed by atoms with E-state index in [-0.39, 0.29) is 28.8 Å². The molecule has 1 saturated heterocycles. The summed E-state index contributed by atoms with van der Waals surface area (Å²) in [7, 11) is -7.24. The van der Waals surface area contributed by atoms with E-state index in [4.69, 9.17) is 5.73 Å². The normalized spacial score (nSPS) is 21.5. The number of nitrogens with two attached hydrogens (primary N) is 1. The topological polar surface area (TPSA) is 97.5 Å². The van der Waals surface area contributed by atoms with Gasteiger partial charge in [-0.1, -0.05) is 6.92 Å². The molecule has 1 fully saturated rings. The monoisotopic (exact) mass is 370 g/mol. The van der Waals surface area contributed by atoms with Crippen LogP contribution in [0.4, 0.5) is 0 Å². The van der Waals surface area contributed by atoms with Crippen LogP contribution in [0.3, 0.4) is 0 Å². The van der Waals surface area contributed by atoms with E-state index in [0.29, 0.717) is 5.75 Å². The van der Waals surface area contributed by atoms with Crippen molar-refractivity contribution in [3.05, 3.63) is 17.0 Å². The van der Waals surface area contributed by atoms with E-state index in [1.165, 1.54) is 24.8 Å². The lowest BCUT2D eigenvalue weighted by atomic mass is 10.4. The summed E-state index contributed by atoms with van der Waals surface area (Å²) in [4.78, 5) is 0. The Balaban J connectivity index is 2.40. The second-order valence-electron chi connectivity index (χ2n) is 4.57. The Hall–Kier alpha value is -0.130. The van der Waals surface area contributed by atoms with Gasteiger partial charge in [-0.2, -0.15) is 16.1 Å². The predicted molar refractivity (Wildman–Crippen MR) is 86.7 cm³/mol. The van der Waals surface area contributed by atoms with E-state index in [9.17, 15) is 16.8 Å². The fourth-order valence-electron chi connectivity index (χ4n) is 2.03. The van der Waals surface area contributed by atoms with Crippen LogP contribution < -0.4 is 5.73 Å². The third kappa shape index (κ3) is 3.45. The van der Waals surface area contributed by atoms with Crippen LogP contribution in [0, 0.1) is 0 Å². The zero-order valence-electron chi connectivity index (χ0n) is 11.6. The van der Waals surface area contributed by atoms with Gasteiger partial charge in [0.15, 0.2) is 9.84 Å². The number of nitrogens with zero attached hydrogens (tertiary/aromatic N) is 1. The largest absolute Gasteiger partial charge is 0.326 e. The molecule has 6 nitrogen and oxygen atoms in total. The summed E-state index contributed by atoms with van der Waals surface area (Å²) in [5, 5.41) is 0.712. The summed E-state index contributed by atoms with van der Waals surface area (Å²) in [6, 6.07) is 1.53. The Morgan fingerprint density at radius 1 is 1.38 bits per heavy atom. The summed E-state index contributed by atoms with van der Waals surface area (Å²) in [5.74, 6) is 0.817. The maximum atomic E-state index is 12.7. The van der Waals surface area contributed by atoms with Crippen LogP contribution in [0.5, 0.6) is 0 Å². The third-order valence-electron chi connectivity index (χ3n) is 3.28. The minimum atomic E-state index is -3.79. The third-order valence-corrected chi connectivity index (χ3v) is 10.1. The first-order valence-corrected chi connectivity index (χ1v) is 11.6. The van der Waals surface area contributed by atoms with Gasteiger partial charge in [0.25, 0.3) is 10.0 Å². The zero-order chi connectivity index (χ0) is 15.7. The predicted octanol–water partition coefficient (Wildman–Crippen LogP) is 0.705. The molecule has 1 aromatic heterocycles. The highest BCUT2D eigenvalue weighted by Gasteiger charge is 2.41. The van der Waals surface area contributed by atoms with Gasteiger partial charge >= 0.3 is 0 Å². The molecular weight excluding hydrogens is 352 g/mol. The quantitative estimate of drug-likeness (QED) is 0.819. The molecule has 0 saturated carbocycles. The van der Waals surface area contributed by atoms with Gasteiger partial charge in [0.1, 0.15) is 9.58 Å². The van der Waals surface area contributed by atoms with Crippen molar-refractivity contribution in [2.75, 3.05) is 23.8 Å². The van der Waals surface area contributed by atoms with Crippen LogP contribution in [-0.4, -0.2) is 50.3 Å². The van der Waals surface area contributed by atoms with Crippen LogP contribution in [-0.2, 0) is 26.4 Å². The molecule has 1 aromatic rings. The number of thioether (sulfide) groups is 1. The average molecular weight is 371 g/mol. The van der Waals surface area contributed by atoms with Crippen molar-refractivity contribution in [2.24, 2.45) is 5.73 Å². The number of rotatable bonds is 5. The lowest BCUT2D eigenvalue weighted by Gasteiger charge is -2.33. The maximum Gasteiger partial charge on any atom is 0.253 e. The average Bonchev–Trinajstić information content (AvgIpc) is 2.97. The first kappa shape index (κ1) is 17.2. The van der Waals surface area contributed by atoms with Crippen molar-refractivity contribution in [1.29, 1.82) is 0 Å². The van der Waals surface area contributed by atoms with E-state index in [0.717, 1.165) is 21.2 Å². The van der Waals surface area contributed by atoms with Crippen molar-refractivity contribution in [1.82, 2.24) is 4.31 Å². The van der Waals surface area contributed by atoms with E-state index in [1.807, 2.05) is 0 Å². The number of thiophene rings is 1. The number of hydrogen-bond donors (Lipinski definition) is 1. The Labute approximate surface area is 133 Å². The molecule has 21 heavy (non-hydrogen) atoms. The van der Waals surface area contributed by atoms with E-state index in [1.54, 1.807) is 5.38 Å². The first-order chi connectivity index (χ1) is 9.82. The molecule has 1 unspecified atom stereocenters. The van der Waals surface area contributed by atoms with Crippen LogP contribution in [0.15, 0.2) is 15.7 Å². The molecule has 1 aliphatic rings. The lowest BCUT2D eigenvalue weighted by molar-refractivity contribution is 0.405. The van der Waals surface area contributed by atoms with Crippen LogP contribution in [0.2, 0.25) is 0 Å². The molecule has 0 radical (unpaired) electrons. The SMILES string of the molecule is CCS(=O)(=O)C1CSCCN1S(=O)(=O)c1cc(CN)cs1.